The zero-order valence-electron chi connectivity index (χ0n) is 7.57. The van der Waals surface area contributed by atoms with E-state index in [2.05, 4.69) is 9.69 Å². The van der Waals surface area contributed by atoms with Gasteiger partial charge in [-0.05, 0) is 31.4 Å². The van der Waals surface area contributed by atoms with Crippen molar-refractivity contribution in [3.8, 4) is 0 Å². The Labute approximate surface area is 80.8 Å². The van der Waals surface area contributed by atoms with E-state index in [1.165, 1.54) is 11.5 Å². The summed E-state index contributed by atoms with van der Waals surface area (Å²) in [5.41, 5.74) is 0.419. The van der Waals surface area contributed by atoms with Gasteiger partial charge in [0, 0.05) is 10.9 Å². The second kappa shape index (κ2) is 4.34. The van der Waals surface area contributed by atoms with Crippen molar-refractivity contribution in [2.75, 3.05) is 6.61 Å². The molecule has 13 heavy (non-hydrogen) atoms. The summed E-state index contributed by atoms with van der Waals surface area (Å²) in [5, 5.41) is 11.3. The molecule has 4 nitrogen and oxygen atoms in total. The lowest BCUT2D eigenvalue weighted by Gasteiger charge is -2.08. The van der Waals surface area contributed by atoms with Crippen LogP contribution in [0.1, 0.15) is 22.3 Å². The summed E-state index contributed by atoms with van der Waals surface area (Å²) < 4.78 is 3.95. The van der Waals surface area contributed by atoms with Gasteiger partial charge in [0.15, 0.2) is 0 Å². The molecule has 0 aromatic carbocycles. The molecule has 0 fully saturated rings. The van der Waals surface area contributed by atoms with Crippen LogP contribution in [0.15, 0.2) is 6.07 Å². The maximum absolute atomic E-state index is 11.3. The number of aliphatic hydroxyl groups is 1. The maximum Gasteiger partial charge on any atom is 0.271 e. The van der Waals surface area contributed by atoms with Crippen LogP contribution < -0.4 is 5.32 Å². The number of aromatic nitrogens is 1. The predicted molar refractivity (Wildman–Crippen MR) is 50.9 cm³/mol. The summed E-state index contributed by atoms with van der Waals surface area (Å²) in [4.78, 5) is 12.4. The van der Waals surface area contributed by atoms with Gasteiger partial charge in [-0.1, -0.05) is 0 Å². The van der Waals surface area contributed by atoms with E-state index >= 15 is 0 Å². The molecular weight excluding hydrogens is 188 g/mol. The largest absolute Gasteiger partial charge is 0.394 e. The van der Waals surface area contributed by atoms with Gasteiger partial charge in [0.25, 0.3) is 5.91 Å². The molecule has 72 valence electrons. The van der Waals surface area contributed by atoms with Crippen LogP contribution in [0, 0.1) is 6.92 Å². The first kappa shape index (κ1) is 10.1. The van der Waals surface area contributed by atoms with Crippen molar-refractivity contribution < 1.29 is 9.90 Å². The lowest BCUT2D eigenvalue weighted by molar-refractivity contribution is 0.0918. The van der Waals surface area contributed by atoms with E-state index in [1.54, 1.807) is 13.0 Å². The molecule has 0 aliphatic heterocycles. The van der Waals surface area contributed by atoms with Gasteiger partial charge in [-0.2, -0.15) is 4.37 Å². The molecule has 2 N–H and O–H groups in total. The van der Waals surface area contributed by atoms with Gasteiger partial charge in [-0.15, -0.1) is 0 Å². The minimum atomic E-state index is -0.231. The molecule has 1 rings (SSSR count). The molecule has 5 heteroatoms. The van der Waals surface area contributed by atoms with Crippen LogP contribution >= 0.6 is 11.5 Å². The summed E-state index contributed by atoms with van der Waals surface area (Å²) in [5.74, 6) is -0.231. The summed E-state index contributed by atoms with van der Waals surface area (Å²) in [6.45, 7) is 3.57. The number of carbonyl (C=O) groups is 1. The first-order valence-corrected chi connectivity index (χ1v) is 4.76. The molecule has 0 saturated carbocycles. The van der Waals surface area contributed by atoms with Crippen molar-refractivity contribution in [2.45, 2.75) is 19.9 Å². The van der Waals surface area contributed by atoms with Gasteiger partial charge >= 0.3 is 0 Å². The van der Waals surface area contributed by atoms with Gasteiger partial charge < -0.3 is 10.4 Å². The zero-order chi connectivity index (χ0) is 9.84. The molecule has 1 aromatic rings. The third kappa shape index (κ3) is 2.78. The van der Waals surface area contributed by atoms with E-state index in [-0.39, 0.29) is 18.6 Å². The minimum Gasteiger partial charge on any atom is -0.394 e. The fourth-order valence-electron chi connectivity index (χ4n) is 0.817. The second-order valence-electron chi connectivity index (χ2n) is 2.88. The number of nitrogens with zero attached hydrogens (tertiary/aromatic N) is 1. The summed E-state index contributed by atoms with van der Waals surface area (Å²) in [7, 11) is 0. The predicted octanol–water partition coefficient (Wildman–Crippen LogP) is 0.562. The number of hydrogen-bond donors (Lipinski definition) is 2. The highest BCUT2D eigenvalue weighted by Crippen LogP contribution is 2.07. The first-order chi connectivity index (χ1) is 6.13. The van der Waals surface area contributed by atoms with Crippen molar-refractivity contribution in [1.82, 2.24) is 9.69 Å². The maximum atomic E-state index is 11.3. The quantitative estimate of drug-likeness (QED) is 0.749. The highest BCUT2D eigenvalue weighted by atomic mass is 32.1. The topological polar surface area (TPSA) is 62.2 Å². The zero-order valence-corrected chi connectivity index (χ0v) is 8.39. The Morgan fingerprint density at radius 1 is 1.85 bits per heavy atom. The van der Waals surface area contributed by atoms with E-state index in [9.17, 15) is 4.79 Å². The molecule has 0 bridgehead atoms. The molecule has 0 spiro atoms. The monoisotopic (exact) mass is 200 g/mol. The van der Waals surface area contributed by atoms with Gasteiger partial charge in [-0.25, -0.2) is 0 Å². The Morgan fingerprint density at radius 2 is 2.54 bits per heavy atom. The van der Waals surface area contributed by atoms with Crippen LogP contribution in [-0.4, -0.2) is 28.0 Å². The smallest absolute Gasteiger partial charge is 0.271 e. The van der Waals surface area contributed by atoms with E-state index < -0.39 is 0 Å². The average Bonchev–Trinajstić information content (AvgIpc) is 2.51. The fourth-order valence-corrected chi connectivity index (χ4v) is 1.36. The van der Waals surface area contributed by atoms with E-state index in [0.717, 1.165) is 4.88 Å². The second-order valence-corrected chi connectivity index (χ2v) is 3.89. The molecule has 0 aliphatic carbocycles. The Balaban J connectivity index is 2.58. The fraction of sp³-hybridized carbons (Fsp3) is 0.500. The number of aliphatic hydroxyl groups excluding tert-OH is 1. The highest BCUT2D eigenvalue weighted by Gasteiger charge is 2.11. The van der Waals surface area contributed by atoms with Crippen LogP contribution in [0.25, 0.3) is 0 Å². The van der Waals surface area contributed by atoms with Crippen molar-refractivity contribution in [1.29, 1.82) is 0 Å². The third-order valence-electron chi connectivity index (χ3n) is 1.51. The van der Waals surface area contributed by atoms with Gasteiger partial charge in [0.05, 0.1) is 6.61 Å². The van der Waals surface area contributed by atoms with Gasteiger partial charge in [0.2, 0.25) is 0 Å². The van der Waals surface area contributed by atoms with E-state index in [0.29, 0.717) is 5.69 Å². The first-order valence-electron chi connectivity index (χ1n) is 3.98. The molecule has 0 saturated heterocycles. The average molecular weight is 200 g/mol. The van der Waals surface area contributed by atoms with Crippen LogP contribution in [0.4, 0.5) is 0 Å². The minimum absolute atomic E-state index is 0.0607. The third-order valence-corrected chi connectivity index (χ3v) is 2.21. The molecule has 0 aliphatic rings. The molecule has 1 amide bonds. The highest BCUT2D eigenvalue weighted by molar-refractivity contribution is 7.05. The van der Waals surface area contributed by atoms with Crippen molar-refractivity contribution in [3.05, 3.63) is 16.6 Å². The van der Waals surface area contributed by atoms with E-state index in [4.69, 9.17) is 5.11 Å². The SMILES string of the molecule is Cc1cc(C(=O)NC(C)CO)ns1. The molecule has 1 aromatic heterocycles. The van der Waals surface area contributed by atoms with Crippen LogP contribution in [-0.2, 0) is 0 Å². The van der Waals surface area contributed by atoms with Crippen LogP contribution in [0.2, 0.25) is 0 Å². The molecule has 1 atom stereocenters. The molecule has 1 heterocycles. The van der Waals surface area contributed by atoms with Gasteiger partial charge in [0.1, 0.15) is 5.69 Å². The lowest BCUT2D eigenvalue weighted by Crippen LogP contribution is -2.35. The molecule has 0 radical (unpaired) electrons. The number of aryl methyl sites for hydroxylation is 1. The summed E-state index contributed by atoms with van der Waals surface area (Å²) in [6.07, 6.45) is 0. The normalized spacial score (nSPS) is 12.5. The standard InChI is InChI=1S/C8H12N2O2S/c1-5(4-11)9-8(12)7-3-6(2)13-10-7/h3,5,11H,4H2,1-2H3,(H,9,12). The number of nitrogens with one attached hydrogen (secondary N) is 1. The molecule has 1 unspecified atom stereocenters. The Morgan fingerprint density at radius 3 is 3.00 bits per heavy atom. The lowest BCUT2D eigenvalue weighted by atomic mass is 10.3. The Bertz CT molecular complexity index is 298. The van der Waals surface area contributed by atoms with Gasteiger partial charge in [-0.3, -0.25) is 4.79 Å². The summed E-state index contributed by atoms with van der Waals surface area (Å²) >= 11 is 1.29. The van der Waals surface area contributed by atoms with Crippen molar-refractivity contribution in [3.63, 3.8) is 0 Å². The number of amides is 1. The Hall–Kier alpha value is -0.940. The van der Waals surface area contributed by atoms with Crippen molar-refractivity contribution in [2.24, 2.45) is 0 Å². The number of hydrogen-bond acceptors (Lipinski definition) is 4. The summed E-state index contributed by atoms with van der Waals surface area (Å²) in [6, 6.07) is 1.50. The van der Waals surface area contributed by atoms with Crippen LogP contribution in [0.5, 0.6) is 0 Å². The van der Waals surface area contributed by atoms with E-state index in [1.807, 2.05) is 6.92 Å². The Kier molecular flexibility index (Phi) is 3.39. The van der Waals surface area contributed by atoms with Crippen molar-refractivity contribution >= 4 is 17.4 Å². The van der Waals surface area contributed by atoms with Crippen LogP contribution in [0.3, 0.4) is 0 Å². The number of rotatable bonds is 3. The molecular formula is C8H12N2O2S. The number of carbonyl (C=O) groups excluding carboxylic acids is 1.